The molecule has 52 heavy (non-hydrogen) atoms. The van der Waals surface area contributed by atoms with Gasteiger partial charge in [-0.1, -0.05) is 119 Å². The van der Waals surface area contributed by atoms with E-state index in [-0.39, 0.29) is 0 Å². The van der Waals surface area contributed by atoms with Crippen LogP contribution >= 0.6 is 0 Å². The van der Waals surface area contributed by atoms with Crippen molar-refractivity contribution in [2.75, 3.05) is 0 Å². The van der Waals surface area contributed by atoms with Crippen molar-refractivity contribution in [3.8, 4) is 44.5 Å². The maximum atomic E-state index is 5.56. The summed E-state index contributed by atoms with van der Waals surface area (Å²) in [5, 5.41) is 0. The van der Waals surface area contributed by atoms with Crippen LogP contribution in [0.3, 0.4) is 0 Å². The van der Waals surface area contributed by atoms with Crippen molar-refractivity contribution in [2.45, 2.75) is 53.4 Å². The van der Waals surface area contributed by atoms with Crippen LogP contribution in [0.5, 0.6) is 0 Å². The largest absolute Gasteiger partial charge is 0.361 e. The number of H-pyrrole nitrogens is 2. The van der Waals surface area contributed by atoms with E-state index in [0.717, 1.165) is 81.7 Å². The molecule has 0 aliphatic carbocycles. The van der Waals surface area contributed by atoms with Crippen molar-refractivity contribution in [1.29, 1.82) is 0 Å². The van der Waals surface area contributed by atoms with E-state index in [1.165, 1.54) is 55.9 Å². The van der Waals surface area contributed by atoms with Gasteiger partial charge in [-0.25, -0.2) is 4.98 Å². The zero-order chi connectivity index (χ0) is 35.3. The number of aromatic amines is 2. The standard InChI is InChI=1S/C48H42N4/c1-29-5-13-33(14-6-29)45-37-21-23-39(49-37)46(34-15-7-30(2)8-16-34)41-25-27-43(51-41)48(36-19-11-32(4)12-20-36)44-28-26-42(52-44)47(40-24-22-38(45)50-40)35-17-9-31(3)10-18-35/h5-24,49,52H,25-28H2,1-4H3. The predicted octanol–water partition coefficient (Wildman–Crippen LogP) is 11.7. The summed E-state index contributed by atoms with van der Waals surface area (Å²) >= 11 is 0. The van der Waals surface area contributed by atoms with Gasteiger partial charge < -0.3 is 9.97 Å². The number of fused-ring (bicyclic) bond motifs is 8. The van der Waals surface area contributed by atoms with E-state index in [4.69, 9.17) is 9.97 Å². The predicted molar refractivity (Wildman–Crippen MR) is 217 cm³/mol. The summed E-state index contributed by atoms with van der Waals surface area (Å²) in [6, 6.07) is 39.9. The molecule has 3 aliphatic rings. The summed E-state index contributed by atoms with van der Waals surface area (Å²) in [7, 11) is 0. The summed E-state index contributed by atoms with van der Waals surface area (Å²) < 4.78 is 0. The van der Waals surface area contributed by atoms with E-state index in [0.29, 0.717) is 0 Å². The molecule has 0 saturated carbocycles. The lowest BCUT2D eigenvalue weighted by atomic mass is 9.97. The van der Waals surface area contributed by atoms with E-state index >= 15 is 0 Å². The van der Waals surface area contributed by atoms with Crippen LogP contribution in [0.4, 0.5) is 0 Å². The maximum absolute atomic E-state index is 5.56. The number of rotatable bonds is 4. The Hall–Kier alpha value is -6.00. The average Bonchev–Trinajstić information content (AvgIpc) is 3.99. The Bertz CT molecular complexity index is 2560. The molecule has 3 aliphatic heterocycles. The van der Waals surface area contributed by atoms with Gasteiger partial charge in [0.1, 0.15) is 0 Å². The zero-order valence-corrected chi connectivity index (χ0v) is 30.3. The van der Waals surface area contributed by atoms with Crippen LogP contribution in [0, 0.1) is 27.7 Å². The second-order valence-corrected chi connectivity index (χ2v) is 14.6. The first-order valence-corrected chi connectivity index (χ1v) is 18.4. The summed E-state index contributed by atoms with van der Waals surface area (Å²) in [5.74, 6) is 0. The molecule has 0 atom stereocenters. The lowest BCUT2D eigenvalue weighted by Crippen LogP contribution is -1.93. The number of nitrogens with zero attached hydrogens (tertiary/aromatic N) is 2. The number of hydrogen-bond acceptors (Lipinski definition) is 2. The van der Waals surface area contributed by atoms with Crippen LogP contribution in [-0.2, 0) is 25.7 Å². The van der Waals surface area contributed by atoms with Crippen LogP contribution in [0.15, 0.2) is 109 Å². The van der Waals surface area contributed by atoms with Crippen LogP contribution in [0.1, 0.15) is 56.4 Å². The normalized spacial score (nSPS) is 13.0. The van der Waals surface area contributed by atoms with E-state index in [1.807, 2.05) is 0 Å². The van der Waals surface area contributed by atoms with Gasteiger partial charge in [0, 0.05) is 44.7 Å². The quantitative estimate of drug-likeness (QED) is 0.195. The number of aryl methyl sites for hydroxylation is 8. The van der Waals surface area contributed by atoms with Gasteiger partial charge in [-0.05, 0) is 99.9 Å². The first-order valence-electron chi connectivity index (χ1n) is 18.4. The highest BCUT2D eigenvalue weighted by atomic mass is 14.8. The van der Waals surface area contributed by atoms with Crippen molar-refractivity contribution in [2.24, 2.45) is 0 Å². The molecule has 6 aromatic rings. The van der Waals surface area contributed by atoms with Crippen molar-refractivity contribution in [3.05, 3.63) is 166 Å². The fourth-order valence-corrected chi connectivity index (χ4v) is 7.92. The minimum atomic E-state index is 0.870. The van der Waals surface area contributed by atoms with Gasteiger partial charge in [-0.3, -0.25) is 4.98 Å². The third-order valence-corrected chi connectivity index (χ3v) is 10.7. The molecule has 2 aromatic heterocycles. The Balaban J connectivity index is 1.45. The molecule has 2 N–H and O–H groups in total. The third kappa shape index (κ3) is 5.84. The number of benzene rings is 4. The van der Waals surface area contributed by atoms with Crippen molar-refractivity contribution >= 4 is 23.2 Å². The number of hydrogen-bond donors (Lipinski definition) is 2. The molecule has 254 valence electrons. The molecule has 0 fully saturated rings. The maximum Gasteiger partial charge on any atom is 0.0737 e. The molecule has 0 radical (unpaired) electrons. The molecule has 5 heterocycles. The minimum absolute atomic E-state index is 0.870. The van der Waals surface area contributed by atoms with Gasteiger partial charge in [0.2, 0.25) is 0 Å². The molecule has 0 unspecified atom stereocenters. The Morgan fingerprint density at radius 1 is 0.365 bits per heavy atom. The van der Waals surface area contributed by atoms with Gasteiger partial charge in [-0.2, -0.15) is 0 Å². The molecule has 0 spiro atoms. The fourth-order valence-electron chi connectivity index (χ4n) is 7.92. The second-order valence-electron chi connectivity index (χ2n) is 14.6. The monoisotopic (exact) mass is 674 g/mol. The first-order chi connectivity index (χ1) is 25.4. The Morgan fingerprint density at radius 2 is 0.750 bits per heavy atom. The topological polar surface area (TPSA) is 57.4 Å². The van der Waals surface area contributed by atoms with E-state index < -0.39 is 0 Å². The molecular weight excluding hydrogens is 633 g/mol. The van der Waals surface area contributed by atoms with Crippen molar-refractivity contribution in [1.82, 2.24) is 19.9 Å². The van der Waals surface area contributed by atoms with Gasteiger partial charge in [0.15, 0.2) is 0 Å². The smallest absolute Gasteiger partial charge is 0.0737 e. The number of aromatic nitrogens is 4. The van der Waals surface area contributed by atoms with Crippen molar-refractivity contribution in [3.63, 3.8) is 0 Å². The Labute approximate surface area is 305 Å². The average molecular weight is 675 g/mol. The first kappa shape index (κ1) is 31.9. The summed E-state index contributed by atoms with van der Waals surface area (Å²) in [6.07, 6.45) is 7.94. The molecule has 4 nitrogen and oxygen atoms in total. The zero-order valence-electron chi connectivity index (χ0n) is 30.3. The highest BCUT2D eigenvalue weighted by Gasteiger charge is 2.24. The van der Waals surface area contributed by atoms with Crippen LogP contribution in [0.25, 0.3) is 67.7 Å². The Morgan fingerprint density at radius 3 is 1.27 bits per heavy atom. The molecule has 0 amide bonds. The number of nitrogens with one attached hydrogen (secondary N) is 2. The molecule has 4 heteroatoms. The SMILES string of the molecule is Cc1ccc(-c2c3nc(c(-c4ccc(C)cc4)c4ccc([nH]4)c(-c4ccc(C)cc4)c4nc(c(-c5ccc(C)cc5)c5[nH]c2CC5)CC4)C=C3)cc1. The summed E-state index contributed by atoms with van der Waals surface area (Å²) in [5.41, 5.74) is 23.0. The second kappa shape index (κ2) is 13.0. The lowest BCUT2D eigenvalue weighted by Gasteiger charge is -2.09. The highest BCUT2D eigenvalue weighted by Crippen LogP contribution is 2.39. The summed E-state index contributed by atoms with van der Waals surface area (Å²) in [6.45, 7) is 8.57. The summed E-state index contributed by atoms with van der Waals surface area (Å²) in [4.78, 5) is 18.9. The molecular formula is C48H42N4. The van der Waals surface area contributed by atoms with Gasteiger partial charge >= 0.3 is 0 Å². The lowest BCUT2D eigenvalue weighted by molar-refractivity contribution is 1.00. The van der Waals surface area contributed by atoms with Gasteiger partial charge in [0.05, 0.1) is 22.8 Å². The van der Waals surface area contributed by atoms with Gasteiger partial charge in [-0.15, -0.1) is 0 Å². The molecule has 4 aromatic carbocycles. The van der Waals surface area contributed by atoms with Crippen molar-refractivity contribution < 1.29 is 0 Å². The van der Waals surface area contributed by atoms with Gasteiger partial charge in [0.25, 0.3) is 0 Å². The van der Waals surface area contributed by atoms with E-state index in [9.17, 15) is 0 Å². The van der Waals surface area contributed by atoms with Crippen LogP contribution in [0.2, 0.25) is 0 Å². The Kier molecular flexibility index (Phi) is 7.96. The minimum Gasteiger partial charge on any atom is -0.361 e. The molecule has 0 saturated heterocycles. The van der Waals surface area contributed by atoms with E-state index in [1.54, 1.807) is 0 Å². The van der Waals surface area contributed by atoms with Crippen LogP contribution in [-0.4, -0.2) is 19.9 Å². The molecule has 9 rings (SSSR count). The van der Waals surface area contributed by atoms with E-state index in [2.05, 4.69) is 159 Å². The van der Waals surface area contributed by atoms with Crippen LogP contribution < -0.4 is 0 Å². The fraction of sp³-hybridized carbons (Fsp3) is 0.167. The highest BCUT2D eigenvalue weighted by molar-refractivity contribution is 5.94. The molecule has 8 bridgehead atoms. The third-order valence-electron chi connectivity index (χ3n) is 10.7.